The van der Waals surface area contributed by atoms with Crippen LogP contribution in [0.5, 0.6) is 0 Å². The molecule has 0 unspecified atom stereocenters. The Kier molecular flexibility index (Phi) is 7.40. The van der Waals surface area contributed by atoms with Gasteiger partial charge in [-0.2, -0.15) is 0 Å². The van der Waals surface area contributed by atoms with Gasteiger partial charge < -0.3 is 9.47 Å². The molecule has 4 nitrogen and oxygen atoms in total. The molecule has 0 saturated heterocycles. The van der Waals surface area contributed by atoms with E-state index in [9.17, 15) is 9.59 Å². The first-order valence-corrected chi connectivity index (χ1v) is 7.14. The highest BCUT2D eigenvalue weighted by Gasteiger charge is 2.18. The number of hydrogen-bond acceptors (Lipinski definition) is 4. The number of ether oxygens (including phenoxy) is 2. The van der Waals surface area contributed by atoms with Crippen LogP contribution in [-0.2, 0) is 9.47 Å². The van der Waals surface area contributed by atoms with E-state index < -0.39 is 11.9 Å². The molecule has 20 heavy (non-hydrogen) atoms. The molecule has 0 saturated carbocycles. The van der Waals surface area contributed by atoms with Crippen molar-refractivity contribution in [2.75, 3.05) is 13.2 Å². The molecule has 110 valence electrons. The fourth-order valence-electron chi connectivity index (χ4n) is 1.61. The van der Waals surface area contributed by atoms with E-state index in [2.05, 4.69) is 0 Å². The summed E-state index contributed by atoms with van der Waals surface area (Å²) >= 11 is 0. The predicted octanol–water partition coefficient (Wildman–Crippen LogP) is 3.60. The minimum absolute atomic E-state index is 0.269. The molecule has 0 aliphatic carbocycles. The summed E-state index contributed by atoms with van der Waals surface area (Å²) in [4.78, 5) is 23.9. The molecule has 0 heterocycles. The van der Waals surface area contributed by atoms with E-state index in [0.717, 1.165) is 25.7 Å². The van der Waals surface area contributed by atoms with Gasteiger partial charge in [0.15, 0.2) is 0 Å². The van der Waals surface area contributed by atoms with Crippen LogP contribution in [0.1, 0.15) is 60.2 Å². The molecule has 0 aliphatic rings. The Labute approximate surface area is 120 Å². The number of benzene rings is 1. The Hall–Kier alpha value is -1.84. The fourth-order valence-corrected chi connectivity index (χ4v) is 1.61. The first kappa shape index (κ1) is 16.2. The first-order chi connectivity index (χ1) is 9.70. The molecule has 0 aromatic heterocycles. The number of carbonyl (C=O) groups excluding carboxylic acids is 2. The van der Waals surface area contributed by atoms with E-state index in [1.54, 1.807) is 24.3 Å². The highest BCUT2D eigenvalue weighted by atomic mass is 16.8. The molecule has 0 bridgehead atoms. The van der Waals surface area contributed by atoms with E-state index in [0.29, 0.717) is 13.2 Å². The fraction of sp³-hybridized carbons (Fsp3) is 0.500. The molecule has 1 rings (SSSR count). The summed E-state index contributed by atoms with van der Waals surface area (Å²) in [6.07, 6.45) is 3.53. The van der Waals surface area contributed by atoms with Gasteiger partial charge in [0, 0.05) is 0 Å². The van der Waals surface area contributed by atoms with E-state index in [1.165, 1.54) is 0 Å². The summed E-state index contributed by atoms with van der Waals surface area (Å²) in [5, 5.41) is 0. The molecule has 1 aromatic carbocycles. The van der Waals surface area contributed by atoms with Crippen LogP contribution in [0.2, 0.25) is 0 Å². The normalized spacial score (nSPS) is 10.1. The van der Waals surface area contributed by atoms with Crippen molar-refractivity contribution >= 4 is 11.9 Å². The third-order valence-electron chi connectivity index (χ3n) is 2.83. The second-order valence-corrected chi connectivity index (χ2v) is 4.52. The lowest BCUT2D eigenvalue weighted by Crippen LogP contribution is -2.14. The van der Waals surface area contributed by atoms with E-state index in [-0.39, 0.29) is 11.1 Å². The second-order valence-electron chi connectivity index (χ2n) is 4.52. The van der Waals surface area contributed by atoms with Gasteiger partial charge in [0.05, 0.1) is 24.3 Å². The standard InChI is InChI=1S/C16H22O4/c1-3-5-11-19-15(17)13-9-7-8-10-14(13)16(18)20-12-6-4-2/h7-10H,3-6,11-12H2,1-2H3/i15+2,16+2. The molecule has 1 aromatic rings. The summed E-state index contributed by atoms with van der Waals surface area (Å²) in [7, 11) is 0. The zero-order valence-electron chi connectivity index (χ0n) is 12.2. The highest BCUT2D eigenvalue weighted by molar-refractivity contribution is 6.03. The highest BCUT2D eigenvalue weighted by Crippen LogP contribution is 2.12. The van der Waals surface area contributed by atoms with Crippen molar-refractivity contribution in [3.8, 4) is 0 Å². The Morgan fingerprint density at radius 3 is 1.60 bits per heavy atom. The van der Waals surface area contributed by atoms with E-state index in [1.807, 2.05) is 13.8 Å². The number of esters is 2. The Balaban J connectivity index is 2.71. The van der Waals surface area contributed by atoms with Crippen molar-refractivity contribution in [1.82, 2.24) is 0 Å². The molecule has 0 aliphatic heterocycles. The Morgan fingerprint density at radius 2 is 1.25 bits per heavy atom. The van der Waals surface area contributed by atoms with Crippen LogP contribution in [-0.4, -0.2) is 25.2 Å². The SMILES string of the molecule is CCCCO[14C](=O)c1ccccc1[14C](=O)OCCCC. The van der Waals surface area contributed by atoms with Crippen LogP contribution in [0.4, 0.5) is 0 Å². The summed E-state index contributed by atoms with van der Waals surface area (Å²) in [6.45, 7) is 4.78. The largest absolute Gasteiger partial charge is 0.462 e. The molecule has 0 amide bonds. The maximum absolute atomic E-state index is 11.9. The van der Waals surface area contributed by atoms with Gasteiger partial charge in [0.25, 0.3) is 0 Å². The summed E-state index contributed by atoms with van der Waals surface area (Å²) in [5.41, 5.74) is 0.537. The summed E-state index contributed by atoms with van der Waals surface area (Å²) in [6, 6.07) is 6.59. The monoisotopic (exact) mass is 282 g/mol. The van der Waals surface area contributed by atoms with Gasteiger partial charge in [-0.1, -0.05) is 38.8 Å². The van der Waals surface area contributed by atoms with Gasteiger partial charge in [-0.3, -0.25) is 0 Å². The predicted molar refractivity (Wildman–Crippen MR) is 76.8 cm³/mol. The maximum Gasteiger partial charge on any atom is 0.339 e. The van der Waals surface area contributed by atoms with Gasteiger partial charge in [-0.05, 0) is 25.0 Å². The van der Waals surface area contributed by atoms with Crippen molar-refractivity contribution in [2.45, 2.75) is 39.5 Å². The van der Waals surface area contributed by atoms with Crippen molar-refractivity contribution in [1.29, 1.82) is 0 Å². The van der Waals surface area contributed by atoms with Crippen LogP contribution in [0.25, 0.3) is 0 Å². The second kappa shape index (κ2) is 9.13. The third-order valence-corrected chi connectivity index (χ3v) is 2.83. The van der Waals surface area contributed by atoms with Crippen LogP contribution < -0.4 is 0 Å². The lowest BCUT2D eigenvalue weighted by atomic mass is 10.3. The topological polar surface area (TPSA) is 52.6 Å². The van der Waals surface area contributed by atoms with Gasteiger partial charge in [0.2, 0.25) is 0 Å². The molecule has 4 heteroatoms. The zero-order chi connectivity index (χ0) is 14.8. The van der Waals surface area contributed by atoms with Crippen LogP contribution in [0.15, 0.2) is 24.3 Å². The smallest absolute Gasteiger partial charge is 0.339 e. The Bertz CT molecular complexity index is 399. The van der Waals surface area contributed by atoms with Gasteiger partial charge in [0.1, 0.15) is 0 Å². The van der Waals surface area contributed by atoms with Crippen molar-refractivity contribution in [3.05, 3.63) is 35.4 Å². The molecular formula is C16H22O4. The molecule has 0 atom stereocenters. The summed E-state index contributed by atoms with van der Waals surface area (Å²) in [5.74, 6) is -0.942. The van der Waals surface area contributed by atoms with Crippen LogP contribution in [0.3, 0.4) is 0 Å². The number of carbonyl (C=O) groups is 2. The average Bonchev–Trinajstić information content (AvgIpc) is 2.47. The third kappa shape index (κ3) is 5.03. The lowest BCUT2D eigenvalue weighted by Gasteiger charge is -2.09. The van der Waals surface area contributed by atoms with Crippen molar-refractivity contribution in [2.24, 2.45) is 0 Å². The summed E-state index contributed by atoms with van der Waals surface area (Å²) < 4.78 is 10.3. The average molecular weight is 282 g/mol. The van der Waals surface area contributed by atoms with Crippen molar-refractivity contribution in [3.63, 3.8) is 0 Å². The minimum Gasteiger partial charge on any atom is -0.462 e. The Morgan fingerprint density at radius 1 is 0.850 bits per heavy atom. The zero-order valence-corrected chi connectivity index (χ0v) is 12.2. The first-order valence-electron chi connectivity index (χ1n) is 7.14. The van der Waals surface area contributed by atoms with Crippen LogP contribution >= 0.6 is 0 Å². The lowest BCUT2D eigenvalue weighted by molar-refractivity contribution is 0.0452. The van der Waals surface area contributed by atoms with Gasteiger partial charge >= 0.3 is 11.9 Å². The van der Waals surface area contributed by atoms with Gasteiger partial charge in [-0.25, -0.2) is 9.59 Å². The molecule has 0 fully saturated rings. The molecule has 0 N–H and O–H groups in total. The number of hydrogen-bond donors (Lipinski definition) is 0. The molecule has 0 radical (unpaired) electrons. The van der Waals surface area contributed by atoms with Gasteiger partial charge in [-0.15, -0.1) is 0 Å². The van der Waals surface area contributed by atoms with Crippen LogP contribution in [0, 0.1) is 0 Å². The number of unbranched alkanes of at least 4 members (excludes halogenated alkanes) is 2. The van der Waals surface area contributed by atoms with Crippen molar-refractivity contribution < 1.29 is 19.1 Å². The van der Waals surface area contributed by atoms with E-state index in [4.69, 9.17) is 9.47 Å². The minimum atomic E-state index is -0.471. The maximum atomic E-state index is 11.9. The van der Waals surface area contributed by atoms with E-state index >= 15 is 0 Å². The molecule has 0 spiro atoms. The quantitative estimate of drug-likeness (QED) is 0.540. The molecular weight excluding hydrogens is 260 g/mol. The number of rotatable bonds is 8.